The molecule has 0 aliphatic rings. The highest BCUT2D eigenvalue weighted by atomic mass is 35.5. The Hall–Kier alpha value is -2.44. The minimum Gasteiger partial charge on any atom is -0.316 e. The van der Waals surface area contributed by atoms with E-state index in [0.717, 1.165) is 0 Å². The molecule has 2 aromatic rings. The van der Waals surface area contributed by atoms with Gasteiger partial charge in [0.1, 0.15) is 0 Å². The normalized spacial score (nSPS) is 10.5. The van der Waals surface area contributed by atoms with Crippen LogP contribution in [0.2, 0.25) is 10.0 Å². The summed E-state index contributed by atoms with van der Waals surface area (Å²) in [6, 6.07) is 9.71. The molecule has 0 unspecified atom stereocenters. The summed E-state index contributed by atoms with van der Waals surface area (Å²) in [7, 11) is 0. The molecule has 0 saturated carbocycles. The van der Waals surface area contributed by atoms with Crippen LogP contribution in [0, 0.1) is 0 Å². The highest BCUT2D eigenvalue weighted by Gasteiger charge is 2.14. The van der Waals surface area contributed by atoms with Crippen LogP contribution in [0.1, 0.15) is 5.69 Å². The molecule has 6 nitrogen and oxygen atoms in total. The lowest BCUT2D eigenvalue weighted by atomic mass is 10.3. The van der Waals surface area contributed by atoms with Crippen LogP contribution in [-0.2, 0) is 9.59 Å². The fourth-order valence-electron chi connectivity index (χ4n) is 1.43. The quantitative estimate of drug-likeness (QED) is 0.513. The molecule has 0 radical (unpaired) electrons. The molecule has 0 atom stereocenters. The number of carbonyl (C=O) groups excluding carboxylic acids is 2. The van der Waals surface area contributed by atoms with Crippen molar-refractivity contribution >= 4 is 46.9 Å². The second kappa shape index (κ2) is 7.53. The van der Waals surface area contributed by atoms with Crippen molar-refractivity contribution in [1.29, 1.82) is 0 Å². The van der Waals surface area contributed by atoms with E-state index in [1.807, 2.05) is 0 Å². The number of carbonyl (C=O) groups is 2. The van der Waals surface area contributed by atoms with Crippen molar-refractivity contribution in [2.45, 2.75) is 0 Å². The van der Waals surface area contributed by atoms with E-state index < -0.39 is 11.8 Å². The highest BCUT2D eigenvalue weighted by molar-refractivity contribution is 6.42. The molecule has 0 bridgehead atoms. The SMILES string of the molecule is O=C(N/N=C/c1ccccn1)C(=O)Nc1ccc(Cl)cc1Cl. The zero-order valence-corrected chi connectivity index (χ0v) is 12.6. The molecule has 2 amide bonds. The Bertz CT molecular complexity index is 720. The average molecular weight is 337 g/mol. The number of anilines is 1. The van der Waals surface area contributed by atoms with Gasteiger partial charge in [0.25, 0.3) is 0 Å². The third-order valence-electron chi connectivity index (χ3n) is 2.44. The van der Waals surface area contributed by atoms with Crippen molar-refractivity contribution in [3.63, 3.8) is 0 Å². The lowest BCUT2D eigenvalue weighted by Crippen LogP contribution is -2.32. The van der Waals surface area contributed by atoms with Gasteiger partial charge in [-0.15, -0.1) is 0 Å². The maximum absolute atomic E-state index is 11.7. The third-order valence-corrected chi connectivity index (χ3v) is 2.98. The zero-order valence-electron chi connectivity index (χ0n) is 11.1. The minimum atomic E-state index is -0.932. The molecule has 8 heteroatoms. The molecule has 112 valence electrons. The van der Waals surface area contributed by atoms with E-state index in [-0.39, 0.29) is 10.7 Å². The van der Waals surface area contributed by atoms with Gasteiger partial charge in [0, 0.05) is 11.2 Å². The van der Waals surface area contributed by atoms with Gasteiger partial charge in [-0.3, -0.25) is 14.6 Å². The highest BCUT2D eigenvalue weighted by Crippen LogP contribution is 2.25. The summed E-state index contributed by atoms with van der Waals surface area (Å²) >= 11 is 11.6. The van der Waals surface area contributed by atoms with Gasteiger partial charge in [-0.1, -0.05) is 29.3 Å². The Morgan fingerprint density at radius 1 is 1.14 bits per heavy atom. The summed E-state index contributed by atoms with van der Waals surface area (Å²) in [5.41, 5.74) is 2.91. The monoisotopic (exact) mass is 336 g/mol. The molecule has 0 aliphatic carbocycles. The molecule has 0 saturated heterocycles. The molecule has 1 aromatic heterocycles. The van der Waals surface area contributed by atoms with E-state index in [4.69, 9.17) is 23.2 Å². The van der Waals surface area contributed by atoms with Crippen molar-refractivity contribution in [3.05, 3.63) is 58.3 Å². The average Bonchev–Trinajstić information content (AvgIpc) is 2.51. The molecule has 0 spiro atoms. The topological polar surface area (TPSA) is 83.5 Å². The van der Waals surface area contributed by atoms with Gasteiger partial charge in [-0.25, -0.2) is 5.43 Å². The van der Waals surface area contributed by atoms with Gasteiger partial charge >= 0.3 is 11.8 Å². The van der Waals surface area contributed by atoms with Crippen LogP contribution in [0.25, 0.3) is 0 Å². The summed E-state index contributed by atoms with van der Waals surface area (Å²) in [6.07, 6.45) is 2.90. The van der Waals surface area contributed by atoms with E-state index in [1.165, 1.54) is 18.3 Å². The van der Waals surface area contributed by atoms with Crippen LogP contribution in [0.4, 0.5) is 5.69 Å². The van der Waals surface area contributed by atoms with Gasteiger partial charge in [0.15, 0.2) is 0 Å². The molecule has 22 heavy (non-hydrogen) atoms. The van der Waals surface area contributed by atoms with Gasteiger partial charge in [0.05, 0.1) is 22.6 Å². The number of pyridine rings is 1. The minimum absolute atomic E-state index is 0.227. The number of hydrazone groups is 1. The number of benzene rings is 1. The van der Waals surface area contributed by atoms with Crippen LogP contribution >= 0.6 is 23.2 Å². The number of halogens is 2. The first-order chi connectivity index (χ1) is 10.6. The number of rotatable bonds is 3. The van der Waals surface area contributed by atoms with Gasteiger partial charge in [0.2, 0.25) is 0 Å². The molecule has 0 aliphatic heterocycles. The zero-order chi connectivity index (χ0) is 15.9. The molecule has 1 aromatic carbocycles. The second-order valence-electron chi connectivity index (χ2n) is 4.03. The van der Waals surface area contributed by atoms with Gasteiger partial charge in [-0.2, -0.15) is 5.10 Å². The molecule has 2 N–H and O–H groups in total. The summed E-state index contributed by atoms with van der Waals surface area (Å²) in [5.74, 6) is -1.83. The summed E-state index contributed by atoms with van der Waals surface area (Å²) in [6.45, 7) is 0. The molecule has 0 fully saturated rings. The van der Waals surface area contributed by atoms with Crippen molar-refractivity contribution in [3.8, 4) is 0 Å². The number of hydrogen-bond acceptors (Lipinski definition) is 4. The summed E-state index contributed by atoms with van der Waals surface area (Å²) in [4.78, 5) is 27.3. The molecular formula is C14H10Cl2N4O2. The van der Waals surface area contributed by atoms with Gasteiger partial charge < -0.3 is 5.32 Å². The number of aromatic nitrogens is 1. The number of nitrogens with zero attached hydrogens (tertiary/aromatic N) is 2. The Morgan fingerprint density at radius 2 is 1.95 bits per heavy atom. The van der Waals surface area contributed by atoms with Crippen molar-refractivity contribution in [2.24, 2.45) is 5.10 Å². The summed E-state index contributed by atoms with van der Waals surface area (Å²) < 4.78 is 0. The Kier molecular flexibility index (Phi) is 5.46. The fourth-order valence-corrected chi connectivity index (χ4v) is 1.89. The first-order valence-electron chi connectivity index (χ1n) is 6.07. The first-order valence-corrected chi connectivity index (χ1v) is 6.82. The lowest BCUT2D eigenvalue weighted by Gasteiger charge is -2.06. The third kappa shape index (κ3) is 4.54. The number of hydrogen-bond donors (Lipinski definition) is 2. The van der Waals surface area contributed by atoms with E-state index in [1.54, 1.807) is 30.5 Å². The molecule has 2 rings (SSSR count). The van der Waals surface area contributed by atoms with E-state index >= 15 is 0 Å². The second-order valence-corrected chi connectivity index (χ2v) is 4.88. The smallest absolute Gasteiger partial charge is 0.316 e. The Labute approximate surface area is 136 Å². The van der Waals surface area contributed by atoms with Gasteiger partial charge in [-0.05, 0) is 30.3 Å². The fraction of sp³-hybridized carbons (Fsp3) is 0. The maximum atomic E-state index is 11.7. The Balaban J connectivity index is 1.92. The Morgan fingerprint density at radius 3 is 2.64 bits per heavy atom. The van der Waals surface area contributed by atoms with E-state index in [2.05, 4.69) is 20.8 Å². The van der Waals surface area contributed by atoms with Crippen molar-refractivity contribution in [2.75, 3.05) is 5.32 Å². The maximum Gasteiger partial charge on any atom is 0.329 e. The van der Waals surface area contributed by atoms with Crippen LogP contribution in [0.15, 0.2) is 47.7 Å². The lowest BCUT2D eigenvalue weighted by molar-refractivity contribution is -0.136. The van der Waals surface area contributed by atoms with Crippen LogP contribution in [-0.4, -0.2) is 23.0 Å². The standard InChI is InChI=1S/C14H10Cl2N4O2/c15-9-4-5-12(11(16)7-9)19-13(21)14(22)20-18-8-10-3-1-2-6-17-10/h1-8H,(H,19,21)(H,20,22)/b18-8+. The van der Waals surface area contributed by atoms with E-state index in [9.17, 15) is 9.59 Å². The van der Waals surface area contributed by atoms with E-state index in [0.29, 0.717) is 10.7 Å². The largest absolute Gasteiger partial charge is 0.329 e. The van der Waals surface area contributed by atoms with Crippen molar-refractivity contribution in [1.82, 2.24) is 10.4 Å². The molecular weight excluding hydrogens is 327 g/mol. The van der Waals surface area contributed by atoms with Crippen molar-refractivity contribution < 1.29 is 9.59 Å². The van der Waals surface area contributed by atoms with Crippen LogP contribution < -0.4 is 10.7 Å². The van der Waals surface area contributed by atoms with Crippen LogP contribution in [0.5, 0.6) is 0 Å². The first kappa shape index (κ1) is 15.9. The predicted octanol–water partition coefficient (Wildman–Crippen LogP) is 2.48. The summed E-state index contributed by atoms with van der Waals surface area (Å²) in [5, 5.41) is 6.64. The molecule has 1 heterocycles. The van der Waals surface area contributed by atoms with Crippen LogP contribution in [0.3, 0.4) is 0 Å². The number of nitrogens with one attached hydrogen (secondary N) is 2. The number of amides is 2. The predicted molar refractivity (Wildman–Crippen MR) is 85.1 cm³/mol.